The van der Waals surface area contributed by atoms with E-state index >= 15 is 0 Å². The zero-order valence-corrected chi connectivity index (χ0v) is 17.1. The topological polar surface area (TPSA) is 108 Å². The van der Waals surface area contributed by atoms with E-state index in [0.29, 0.717) is 0 Å². The van der Waals surface area contributed by atoms with Crippen molar-refractivity contribution in [1.29, 1.82) is 0 Å². The Balaban J connectivity index is 1.92. The third-order valence-corrected chi connectivity index (χ3v) is 5.04. The van der Waals surface area contributed by atoms with Gasteiger partial charge in [-0.1, -0.05) is 42.5 Å². The molecule has 0 radical (unpaired) electrons. The summed E-state index contributed by atoms with van der Waals surface area (Å²) in [6, 6.07) is 16.9. The lowest BCUT2D eigenvalue weighted by atomic mass is 9.98. The fourth-order valence-corrected chi connectivity index (χ4v) is 3.28. The average Bonchev–Trinajstić information content (AvgIpc) is 2.77. The predicted octanol–water partition coefficient (Wildman–Crippen LogP) is 1.24. The number of benzene rings is 2. The minimum absolute atomic E-state index is 0.136. The molecule has 0 aliphatic carbocycles. The molecule has 30 heavy (non-hydrogen) atoms. The van der Waals surface area contributed by atoms with Crippen LogP contribution in [0.15, 0.2) is 64.2 Å². The normalized spacial score (nSPS) is 11.8. The second kappa shape index (κ2) is 8.79. The molecule has 3 N–H and O–H groups in total. The molecule has 1 aromatic heterocycles. The quantitative estimate of drug-likeness (QED) is 0.570. The molecule has 8 heteroatoms. The van der Waals surface area contributed by atoms with Crippen molar-refractivity contribution < 1.29 is 9.53 Å². The highest BCUT2D eigenvalue weighted by Crippen LogP contribution is 2.24. The van der Waals surface area contributed by atoms with Gasteiger partial charge in [-0.3, -0.25) is 24.0 Å². The van der Waals surface area contributed by atoms with Gasteiger partial charge in [-0.15, -0.1) is 0 Å². The minimum atomic E-state index is -0.705. The molecule has 0 fully saturated rings. The highest BCUT2D eigenvalue weighted by molar-refractivity contribution is 6.01. The molecule has 0 bridgehead atoms. The summed E-state index contributed by atoms with van der Waals surface area (Å²) in [5.74, 6) is 0.0943. The number of anilines is 1. The van der Waals surface area contributed by atoms with Gasteiger partial charge < -0.3 is 10.5 Å². The Bertz CT molecular complexity index is 1160. The number of ether oxygens (including phenoxy) is 1. The number of nitrogens with zero attached hydrogens (tertiary/aromatic N) is 2. The molecule has 0 amide bonds. The van der Waals surface area contributed by atoms with E-state index in [-0.39, 0.29) is 24.0 Å². The second-order valence-corrected chi connectivity index (χ2v) is 6.89. The Morgan fingerprint density at radius 2 is 1.60 bits per heavy atom. The number of rotatable bonds is 7. The van der Waals surface area contributed by atoms with Crippen molar-refractivity contribution in [2.75, 3.05) is 19.4 Å². The Morgan fingerprint density at radius 3 is 2.20 bits per heavy atom. The molecular weight excluding hydrogens is 384 g/mol. The van der Waals surface area contributed by atoms with Gasteiger partial charge in [0.25, 0.3) is 5.56 Å². The lowest BCUT2D eigenvalue weighted by Crippen LogP contribution is -2.43. The van der Waals surface area contributed by atoms with Crippen LogP contribution in [-0.4, -0.2) is 28.6 Å². The first-order chi connectivity index (χ1) is 14.3. The molecule has 1 heterocycles. The summed E-state index contributed by atoms with van der Waals surface area (Å²) >= 11 is 0. The average molecular weight is 408 g/mol. The van der Waals surface area contributed by atoms with Crippen LogP contribution >= 0.6 is 0 Å². The van der Waals surface area contributed by atoms with E-state index in [0.717, 1.165) is 26.0 Å². The number of carbonyl (C=O) groups excluding carboxylic acids is 1. The maximum absolute atomic E-state index is 12.9. The monoisotopic (exact) mass is 408 g/mol. The number of methoxy groups -OCH3 is 1. The van der Waals surface area contributed by atoms with Crippen molar-refractivity contribution in [3.63, 3.8) is 0 Å². The maximum Gasteiger partial charge on any atom is 0.332 e. The molecule has 1 atom stereocenters. The van der Waals surface area contributed by atoms with E-state index in [1.165, 1.54) is 14.1 Å². The van der Waals surface area contributed by atoms with Crippen LogP contribution in [0.3, 0.4) is 0 Å². The van der Waals surface area contributed by atoms with Crippen LogP contribution in [0.4, 0.5) is 5.82 Å². The van der Waals surface area contributed by atoms with Crippen molar-refractivity contribution in [2.45, 2.75) is 6.04 Å². The van der Waals surface area contributed by atoms with Gasteiger partial charge >= 0.3 is 5.69 Å². The Labute approximate surface area is 173 Å². The van der Waals surface area contributed by atoms with Crippen molar-refractivity contribution >= 4 is 11.6 Å². The zero-order chi connectivity index (χ0) is 21.8. The lowest BCUT2D eigenvalue weighted by Gasteiger charge is -2.20. The van der Waals surface area contributed by atoms with Crippen molar-refractivity contribution in [3.05, 3.63) is 92.1 Å². The standard InChI is InChI=1S/C22H24N4O4/c1-25-20(23)18(21(28)26(2)22(25)29)17(27)13-24-19(14-7-5-4-6-8-14)15-9-11-16(30-3)12-10-15/h4-12,19,24H,13,23H2,1-3H3/t19-/m1/s1. The molecule has 0 saturated carbocycles. The van der Waals surface area contributed by atoms with Gasteiger partial charge in [-0.05, 0) is 23.3 Å². The van der Waals surface area contributed by atoms with E-state index in [4.69, 9.17) is 10.5 Å². The number of ketones is 1. The number of nitrogens with two attached hydrogens (primary N) is 1. The summed E-state index contributed by atoms with van der Waals surface area (Å²) in [5, 5.41) is 3.21. The van der Waals surface area contributed by atoms with Crippen molar-refractivity contribution in [3.8, 4) is 5.75 Å². The molecule has 2 aromatic carbocycles. The number of nitrogen functional groups attached to an aromatic ring is 1. The smallest absolute Gasteiger partial charge is 0.332 e. The van der Waals surface area contributed by atoms with Crippen LogP contribution in [0, 0.1) is 0 Å². The van der Waals surface area contributed by atoms with Gasteiger partial charge in [0.15, 0.2) is 5.78 Å². The number of hydrogen-bond acceptors (Lipinski definition) is 6. The van der Waals surface area contributed by atoms with Crippen LogP contribution < -0.4 is 27.0 Å². The molecule has 0 unspecified atom stereocenters. The summed E-state index contributed by atoms with van der Waals surface area (Å²) in [7, 11) is 4.34. The summed E-state index contributed by atoms with van der Waals surface area (Å²) in [5.41, 5.74) is 6.30. The highest BCUT2D eigenvalue weighted by Gasteiger charge is 2.22. The van der Waals surface area contributed by atoms with E-state index < -0.39 is 17.0 Å². The largest absolute Gasteiger partial charge is 0.497 e. The highest BCUT2D eigenvalue weighted by atomic mass is 16.5. The van der Waals surface area contributed by atoms with E-state index in [9.17, 15) is 14.4 Å². The van der Waals surface area contributed by atoms with Gasteiger partial charge in [0.05, 0.1) is 19.7 Å². The fraction of sp³-hybridized carbons (Fsp3) is 0.227. The van der Waals surface area contributed by atoms with E-state index in [2.05, 4.69) is 5.32 Å². The molecular formula is C22H24N4O4. The number of Topliss-reactive ketones (excluding diaryl/α,β-unsaturated/α-hetero) is 1. The number of hydrogen-bond donors (Lipinski definition) is 2. The van der Waals surface area contributed by atoms with E-state index in [1.807, 2.05) is 54.6 Å². The third kappa shape index (κ3) is 4.04. The molecule has 0 aliphatic rings. The number of nitrogens with one attached hydrogen (secondary N) is 1. The SMILES string of the molecule is COc1ccc([C@H](NCC(=O)c2c(N)n(C)c(=O)n(C)c2=O)c2ccccc2)cc1. The molecule has 3 aromatic rings. The lowest BCUT2D eigenvalue weighted by molar-refractivity contribution is 0.0987. The molecule has 0 saturated heterocycles. The zero-order valence-electron chi connectivity index (χ0n) is 17.1. The van der Waals surface area contributed by atoms with E-state index in [1.54, 1.807) is 7.11 Å². The van der Waals surface area contributed by atoms with Gasteiger partial charge in [-0.25, -0.2) is 4.79 Å². The number of carbonyl (C=O) groups is 1. The first kappa shape index (κ1) is 21.1. The third-order valence-electron chi connectivity index (χ3n) is 5.04. The Morgan fingerprint density at radius 1 is 1.00 bits per heavy atom. The molecule has 0 aliphatic heterocycles. The summed E-state index contributed by atoms with van der Waals surface area (Å²) < 4.78 is 7.18. The van der Waals surface area contributed by atoms with Crippen LogP contribution in [0.5, 0.6) is 5.75 Å². The maximum atomic E-state index is 12.9. The number of aromatic nitrogens is 2. The second-order valence-electron chi connectivity index (χ2n) is 6.89. The summed E-state index contributed by atoms with van der Waals surface area (Å²) in [6.45, 7) is -0.136. The molecule has 156 valence electrons. The van der Waals surface area contributed by atoms with Crippen LogP contribution in [-0.2, 0) is 14.1 Å². The Kier molecular flexibility index (Phi) is 6.17. The molecule has 8 nitrogen and oxygen atoms in total. The Hall–Kier alpha value is -3.65. The van der Waals surface area contributed by atoms with Gasteiger partial charge in [-0.2, -0.15) is 0 Å². The molecule has 3 rings (SSSR count). The van der Waals surface area contributed by atoms with Gasteiger partial charge in [0.1, 0.15) is 17.1 Å². The fourth-order valence-electron chi connectivity index (χ4n) is 3.28. The first-order valence-corrected chi connectivity index (χ1v) is 9.36. The van der Waals surface area contributed by atoms with Crippen LogP contribution in [0.1, 0.15) is 27.5 Å². The van der Waals surface area contributed by atoms with Crippen molar-refractivity contribution in [2.24, 2.45) is 14.1 Å². The van der Waals surface area contributed by atoms with Gasteiger partial charge in [0, 0.05) is 14.1 Å². The minimum Gasteiger partial charge on any atom is -0.497 e. The van der Waals surface area contributed by atoms with Crippen LogP contribution in [0.2, 0.25) is 0 Å². The van der Waals surface area contributed by atoms with Crippen molar-refractivity contribution in [1.82, 2.24) is 14.5 Å². The van der Waals surface area contributed by atoms with Crippen LogP contribution in [0.25, 0.3) is 0 Å². The summed E-state index contributed by atoms with van der Waals surface area (Å²) in [4.78, 5) is 37.3. The van der Waals surface area contributed by atoms with Gasteiger partial charge in [0.2, 0.25) is 0 Å². The molecule has 0 spiro atoms. The predicted molar refractivity (Wildman–Crippen MR) is 115 cm³/mol. The first-order valence-electron chi connectivity index (χ1n) is 9.36. The summed E-state index contributed by atoms with van der Waals surface area (Å²) in [6.07, 6.45) is 0.